The molecule has 0 spiro atoms. The minimum atomic E-state index is -0.822. The van der Waals surface area contributed by atoms with E-state index in [-0.39, 0.29) is 18.4 Å². The third-order valence-electron chi connectivity index (χ3n) is 3.71. The first-order chi connectivity index (χ1) is 9.61. The van der Waals surface area contributed by atoms with Gasteiger partial charge in [0.05, 0.1) is 0 Å². The van der Waals surface area contributed by atoms with Crippen molar-refractivity contribution in [2.24, 2.45) is 5.92 Å². The average molecular weight is 276 g/mol. The van der Waals surface area contributed by atoms with E-state index < -0.39 is 5.97 Å². The summed E-state index contributed by atoms with van der Waals surface area (Å²) in [6.45, 7) is 3.02. The Labute approximate surface area is 118 Å². The second kappa shape index (κ2) is 6.41. The van der Waals surface area contributed by atoms with Crippen LogP contribution < -0.4 is 10.2 Å². The van der Waals surface area contributed by atoms with E-state index in [1.807, 2.05) is 31.2 Å². The number of aliphatic carboxylic acids is 1. The number of nitrogens with one attached hydrogen (secondary N) is 1. The van der Waals surface area contributed by atoms with Gasteiger partial charge in [-0.15, -0.1) is 0 Å². The van der Waals surface area contributed by atoms with Gasteiger partial charge in [0.1, 0.15) is 0 Å². The van der Waals surface area contributed by atoms with Gasteiger partial charge < -0.3 is 10.4 Å². The second-order valence-electron chi connectivity index (χ2n) is 5.09. The maximum absolute atomic E-state index is 12.2. The van der Waals surface area contributed by atoms with Gasteiger partial charge in [-0.3, -0.25) is 9.69 Å². The van der Waals surface area contributed by atoms with Gasteiger partial charge in [0, 0.05) is 25.2 Å². The van der Waals surface area contributed by atoms with E-state index in [0.29, 0.717) is 13.1 Å². The fourth-order valence-corrected chi connectivity index (χ4v) is 2.48. The Bertz CT molecular complexity index is 502. The maximum atomic E-state index is 12.2. The molecule has 2 N–H and O–H groups in total. The highest BCUT2D eigenvalue weighted by molar-refractivity contribution is 5.94. The lowest BCUT2D eigenvalue weighted by Gasteiger charge is -2.20. The number of rotatable bonds is 5. The summed E-state index contributed by atoms with van der Waals surface area (Å²) in [5.41, 5.74) is 2.14. The van der Waals surface area contributed by atoms with E-state index in [1.54, 1.807) is 4.90 Å². The molecule has 1 aromatic rings. The van der Waals surface area contributed by atoms with Crippen molar-refractivity contribution in [3.63, 3.8) is 0 Å². The van der Waals surface area contributed by atoms with Crippen molar-refractivity contribution in [1.82, 2.24) is 5.32 Å². The van der Waals surface area contributed by atoms with Gasteiger partial charge in [0.2, 0.25) is 0 Å². The maximum Gasteiger partial charge on any atom is 0.321 e. The number of fused-ring (bicyclic) bond motifs is 1. The monoisotopic (exact) mass is 276 g/mol. The van der Waals surface area contributed by atoms with Crippen LogP contribution in [0.4, 0.5) is 10.5 Å². The zero-order chi connectivity index (χ0) is 14.5. The molecular weight excluding hydrogens is 256 g/mol. The molecule has 0 aromatic heterocycles. The van der Waals surface area contributed by atoms with E-state index in [1.165, 1.54) is 5.56 Å². The van der Waals surface area contributed by atoms with Crippen LogP contribution >= 0.6 is 0 Å². The summed E-state index contributed by atoms with van der Waals surface area (Å²) < 4.78 is 0. The molecule has 1 unspecified atom stereocenters. The molecule has 2 amide bonds. The van der Waals surface area contributed by atoms with Crippen LogP contribution in [-0.2, 0) is 11.2 Å². The highest BCUT2D eigenvalue weighted by atomic mass is 16.4. The Morgan fingerprint density at radius 3 is 2.85 bits per heavy atom. The zero-order valence-corrected chi connectivity index (χ0v) is 11.6. The lowest BCUT2D eigenvalue weighted by atomic mass is 10.0. The predicted molar refractivity (Wildman–Crippen MR) is 76.9 cm³/mol. The topological polar surface area (TPSA) is 69.6 Å². The van der Waals surface area contributed by atoms with E-state index in [0.717, 1.165) is 18.5 Å². The Kier molecular flexibility index (Phi) is 4.61. The zero-order valence-electron chi connectivity index (χ0n) is 11.6. The Morgan fingerprint density at radius 2 is 2.15 bits per heavy atom. The number of carboxylic acids is 1. The number of carbonyl (C=O) groups excluding carboxylic acids is 1. The van der Waals surface area contributed by atoms with Crippen molar-refractivity contribution in [3.8, 4) is 0 Å². The Balaban J connectivity index is 1.91. The third-order valence-corrected chi connectivity index (χ3v) is 3.71. The van der Waals surface area contributed by atoms with E-state index in [2.05, 4.69) is 5.32 Å². The molecule has 1 heterocycles. The molecule has 1 aliphatic rings. The highest BCUT2D eigenvalue weighted by Gasteiger charge is 2.24. The van der Waals surface area contributed by atoms with Crippen molar-refractivity contribution in [2.45, 2.75) is 26.2 Å². The predicted octanol–water partition coefficient (Wildman–Crippen LogP) is 2.26. The SMILES string of the molecule is CCC(CNC(=O)N1CCc2ccccc21)CC(=O)O. The smallest absolute Gasteiger partial charge is 0.321 e. The molecule has 20 heavy (non-hydrogen) atoms. The van der Waals surface area contributed by atoms with Crippen molar-refractivity contribution in [3.05, 3.63) is 29.8 Å². The van der Waals surface area contributed by atoms with Crippen LogP contribution in [0.3, 0.4) is 0 Å². The van der Waals surface area contributed by atoms with Crippen molar-refractivity contribution in [1.29, 1.82) is 0 Å². The first kappa shape index (κ1) is 14.4. The molecule has 5 heteroatoms. The van der Waals surface area contributed by atoms with E-state index in [9.17, 15) is 9.59 Å². The number of hydrogen-bond donors (Lipinski definition) is 2. The number of benzene rings is 1. The number of amides is 2. The third kappa shape index (κ3) is 3.29. The lowest BCUT2D eigenvalue weighted by molar-refractivity contribution is -0.138. The van der Waals surface area contributed by atoms with Gasteiger partial charge in [-0.2, -0.15) is 0 Å². The summed E-state index contributed by atoms with van der Waals surface area (Å²) in [5, 5.41) is 11.6. The number of carboxylic acid groups (broad SMARTS) is 1. The number of para-hydroxylation sites is 1. The molecule has 2 rings (SSSR count). The molecule has 0 aliphatic carbocycles. The van der Waals surface area contributed by atoms with E-state index >= 15 is 0 Å². The molecule has 0 bridgehead atoms. The first-order valence-electron chi connectivity index (χ1n) is 6.97. The molecule has 1 aliphatic heterocycles. The minimum Gasteiger partial charge on any atom is -0.481 e. The molecule has 0 radical (unpaired) electrons. The van der Waals surface area contributed by atoms with Crippen LogP contribution in [0, 0.1) is 5.92 Å². The summed E-state index contributed by atoms with van der Waals surface area (Å²) in [6.07, 6.45) is 1.70. The Hall–Kier alpha value is -2.04. The quantitative estimate of drug-likeness (QED) is 0.866. The van der Waals surface area contributed by atoms with Gasteiger partial charge >= 0.3 is 12.0 Å². The molecule has 1 aromatic carbocycles. The summed E-state index contributed by atoms with van der Waals surface area (Å²) in [5.74, 6) is -0.841. The standard InChI is InChI=1S/C15H20N2O3/c1-2-11(9-14(18)19)10-16-15(20)17-8-7-12-5-3-4-6-13(12)17/h3-6,11H,2,7-10H2,1H3,(H,16,20)(H,18,19). The summed E-state index contributed by atoms with van der Waals surface area (Å²) in [6, 6.07) is 7.72. The molecule has 0 saturated heterocycles. The molecule has 0 fully saturated rings. The fourth-order valence-electron chi connectivity index (χ4n) is 2.48. The molecule has 0 saturated carbocycles. The van der Waals surface area contributed by atoms with Crippen molar-refractivity contribution < 1.29 is 14.7 Å². The average Bonchev–Trinajstić information content (AvgIpc) is 2.86. The van der Waals surface area contributed by atoms with Crippen molar-refractivity contribution in [2.75, 3.05) is 18.0 Å². The van der Waals surface area contributed by atoms with Gasteiger partial charge in [0.15, 0.2) is 0 Å². The van der Waals surface area contributed by atoms with Crippen LogP contribution in [0.2, 0.25) is 0 Å². The number of anilines is 1. The van der Waals surface area contributed by atoms with Gasteiger partial charge in [0.25, 0.3) is 0 Å². The normalized spacial score (nSPS) is 14.8. The second-order valence-corrected chi connectivity index (χ2v) is 5.09. The van der Waals surface area contributed by atoms with Crippen LogP contribution in [0.25, 0.3) is 0 Å². The largest absolute Gasteiger partial charge is 0.481 e. The van der Waals surface area contributed by atoms with Gasteiger partial charge in [-0.1, -0.05) is 31.5 Å². The number of urea groups is 1. The van der Waals surface area contributed by atoms with Crippen molar-refractivity contribution >= 4 is 17.7 Å². The fraction of sp³-hybridized carbons (Fsp3) is 0.467. The van der Waals surface area contributed by atoms with Crippen LogP contribution in [0.1, 0.15) is 25.3 Å². The van der Waals surface area contributed by atoms with Gasteiger partial charge in [-0.05, 0) is 24.0 Å². The minimum absolute atomic E-state index is 0.0192. The lowest BCUT2D eigenvalue weighted by Crippen LogP contribution is -2.41. The molecule has 5 nitrogen and oxygen atoms in total. The number of hydrogen-bond acceptors (Lipinski definition) is 2. The first-order valence-corrected chi connectivity index (χ1v) is 6.97. The highest BCUT2D eigenvalue weighted by Crippen LogP contribution is 2.27. The summed E-state index contributed by atoms with van der Waals surface area (Å²) in [4.78, 5) is 24.6. The molecular formula is C15H20N2O3. The molecule has 108 valence electrons. The number of carbonyl (C=O) groups is 2. The molecule has 1 atom stereocenters. The van der Waals surface area contributed by atoms with Crippen LogP contribution in [-0.4, -0.2) is 30.2 Å². The Morgan fingerprint density at radius 1 is 1.40 bits per heavy atom. The summed E-state index contributed by atoms with van der Waals surface area (Å²) >= 11 is 0. The van der Waals surface area contributed by atoms with Gasteiger partial charge in [-0.25, -0.2) is 4.79 Å². The van der Waals surface area contributed by atoms with Crippen LogP contribution in [0.5, 0.6) is 0 Å². The summed E-state index contributed by atoms with van der Waals surface area (Å²) in [7, 11) is 0. The number of nitrogens with zero attached hydrogens (tertiary/aromatic N) is 1. The van der Waals surface area contributed by atoms with Crippen LogP contribution in [0.15, 0.2) is 24.3 Å². The van der Waals surface area contributed by atoms with E-state index in [4.69, 9.17) is 5.11 Å².